The van der Waals surface area contributed by atoms with Gasteiger partial charge in [-0.3, -0.25) is 4.79 Å². The fourth-order valence-electron chi connectivity index (χ4n) is 1.29. The Labute approximate surface area is 90.8 Å². The number of H-pyrrole nitrogens is 1. The monoisotopic (exact) mass is 249 g/mol. The van der Waals surface area contributed by atoms with Crippen LogP contribution in [0.2, 0.25) is 0 Å². The first-order chi connectivity index (χ1) is 6.99. The Balaban J connectivity index is 2.28. The summed E-state index contributed by atoms with van der Waals surface area (Å²) in [5.41, 5.74) is 0.393. The average Bonchev–Trinajstić information content (AvgIpc) is 2.39. The van der Waals surface area contributed by atoms with Crippen LogP contribution in [-0.2, 0) is 10.0 Å². The van der Waals surface area contributed by atoms with Crippen LogP contribution in [0.5, 0.6) is 0 Å². The molecule has 2 rings (SSSR count). The van der Waals surface area contributed by atoms with Gasteiger partial charge in [0.15, 0.2) is 4.21 Å². The molecule has 0 aromatic carbocycles. The first-order valence-corrected chi connectivity index (χ1v) is 6.72. The molecular weight excluding hydrogens is 238 g/mol. The second-order valence-corrected chi connectivity index (χ2v) is 6.30. The highest BCUT2D eigenvalue weighted by Crippen LogP contribution is 2.16. The minimum atomic E-state index is -3.53. The van der Waals surface area contributed by atoms with Crippen LogP contribution in [-0.4, -0.2) is 32.5 Å². The van der Waals surface area contributed by atoms with Crippen molar-refractivity contribution >= 4 is 21.4 Å². The third kappa shape index (κ3) is 2.12. The van der Waals surface area contributed by atoms with E-state index in [1.54, 1.807) is 6.92 Å². The summed E-state index contributed by atoms with van der Waals surface area (Å²) >= 11 is 0.716. The molecule has 1 aliphatic heterocycles. The van der Waals surface area contributed by atoms with Crippen LogP contribution < -0.4 is 14.9 Å². The highest BCUT2D eigenvalue weighted by atomic mass is 32.2. The largest absolute Gasteiger partial charge is 0.315 e. The SMILES string of the molecule is Cc1[nH]c(=O)sc1S(=O)(=O)NC1CNC1. The molecule has 1 aromatic rings. The summed E-state index contributed by atoms with van der Waals surface area (Å²) in [6.07, 6.45) is 0. The van der Waals surface area contributed by atoms with Gasteiger partial charge in [-0.05, 0) is 6.92 Å². The van der Waals surface area contributed by atoms with Gasteiger partial charge in [0.25, 0.3) is 10.0 Å². The lowest BCUT2D eigenvalue weighted by molar-refractivity contribution is 0.410. The molecule has 84 valence electrons. The predicted octanol–water partition coefficient (Wildman–Crippen LogP) is -1.01. The van der Waals surface area contributed by atoms with Crippen molar-refractivity contribution in [2.75, 3.05) is 13.1 Å². The average molecular weight is 249 g/mol. The zero-order valence-electron chi connectivity index (χ0n) is 8.03. The summed E-state index contributed by atoms with van der Waals surface area (Å²) in [5.74, 6) is 0. The molecule has 8 heteroatoms. The maximum absolute atomic E-state index is 11.8. The van der Waals surface area contributed by atoms with E-state index < -0.39 is 10.0 Å². The molecule has 0 radical (unpaired) electrons. The standard InChI is InChI=1S/C7H11N3O3S2/c1-4-6(14-7(11)9-4)15(12,13)10-5-2-8-3-5/h5,8,10H,2-3H2,1H3,(H,9,11). The molecule has 15 heavy (non-hydrogen) atoms. The summed E-state index contributed by atoms with van der Waals surface area (Å²) in [6, 6.07) is -0.0633. The van der Waals surface area contributed by atoms with Gasteiger partial charge in [-0.25, -0.2) is 13.1 Å². The second kappa shape index (κ2) is 3.71. The third-order valence-electron chi connectivity index (χ3n) is 2.13. The summed E-state index contributed by atoms with van der Waals surface area (Å²) in [4.78, 5) is 13.1. The number of nitrogens with one attached hydrogen (secondary N) is 3. The number of hydrogen-bond donors (Lipinski definition) is 3. The van der Waals surface area contributed by atoms with E-state index in [9.17, 15) is 13.2 Å². The van der Waals surface area contributed by atoms with Crippen LogP contribution in [0.3, 0.4) is 0 Å². The van der Waals surface area contributed by atoms with Crippen molar-refractivity contribution in [2.24, 2.45) is 0 Å². The molecule has 1 saturated heterocycles. The minimum Gasteiger partial charge on any atom is -0.315 e. The Morgan fingerprint density at radius 2 is 2.13 bits per heavy atom. The Morgan fingerprint density at radius 1 is 1.47 bits per heavy atom. The van der Waals surface area contributed by atoms with Gasteiger partial charge >= 0.3 is 4.87 Å². The van der Waals surface area contributed by atoms with Crippen molar-refractivity contribution in [1.82, 2.24) is 15.0 Å². The molecule has 3 N–H and O–H groups in total. The van der Waals surface area contributed by atoms with Gasteiger partial charge in [0, 0.05) is 24.8 Å². The molecule has 0 unspecified atom stereocenters. The van der Waals surface area contributed by atoms with Crippen molar-refractivity contribution in [3.63, 3.8) is 0 Å². The molecule has 6 nitrogen and oxygen atoms in total. The van der Waals surface area contributed by atoms with Gasteiger partial charge in [0.05, 0.1) is 0 Å². The van der Waals surface area contributed by atoms with Crippen LogP contribution in [0.1, 0.15) is 5.69 Å². The van der Waals surface area contributed by atoms with E-state index in [0.717, 1.165) is 0 Å². The predicted molar refractivity (Wildman–Crippen MR) is 56.7 cm³/mol. The number of thiazole rings is 1. The van der Waals surface area contributed by atoms with Crippen molar-refractivity contribution in [2.45, 2.75) is 17.2 Å². The molecule has 0 saturated carbocycles. The van der Waals surface area contributed by atoms with Gasteiger partial charge in [0.2, 0.25) is 0 Å². The summed E-state index contributed by atoms with van der Waals surface area (Å²) in [7, 11) is -3.53. The van der Waals surface area contributed by atoms with Crippen molar-refractivity contribution in [3.8, 4) is 0 Å². The maximum atomic E-state index is 11.8. The molecule has 0 amide bonds. The maximum Gasteiger partial charge on any atom is 0.305 e. The number of aromatic amines is 1. The zero-order chi connectivity index (χ0) is 11.1. The zero-order valence-corrected chi connectivity index (χ0v) is 9.67. The van der Waals surface area contributed by atoms with E-state index in [1.165, 1.54) is 0 Å². The summed E-state index contributed by atoms with van der Waals surface area (Å²) in [5, 5.41) is 2.96. The first kappa shape index (κ1) is 10.8. The Morgan fingerprint density at radius 3 is 2.53 bits per heavy atom. The first-order valence-electron chi connectivity index (χ1n) is 4.42. The molecule has 1 aliphatic rings. The van der Waals surface area contributed by atoms with Crippen LogP contribution in [0.15, 0.2) is 9.00 Å². The molecule has 1 fully saturated rings. The lowest BCUT2D eigenvalue weighted by Gasteiger charge is -2.27. The third-order valence-corrected chi connectivity index (χ3v) is 5.25. The fraction of sp³-hybridized carbons (Fsp3) is 0.571. The lowest BCUT2D eigenvalue weighted by Crippen LogP contribution is -2.56. The van der Waals surface area contributed by atoms with E-state index in [2.05, 4.69) is 15.0 Å². The smallest absolute Gasteiger partial charge is 0.305 e. The van der Waals surface area contributed by atoms with E-state index in [-0.39, 0.29) is 15.1 Å². The summed E-state index contributed by atoms with van der Waals surface area (Å²) in [6.45, 7) is 2.85. The molecule has 1 aromatic heterocycles. The minimum absolute atomic E-state index is 0.0633. The molecular formula is C7H11N3O3S2. The highest BCUT2D eigenvalue weighted by Gasteiger charge is 2.27. The number of rotatable bonds is 3. The van der Waals surface area contributed by atoms with Crippen LogP contribution in [0, 0.1) is 6.92 Å². The number of hydrogen-bond acceptors (Lipinski definition) is 5. The van der Waals surface area contributed by atoms with E-state index in [0.29, 0.717) is 30.1 Å². The normalized spacial score (nSPS) is 17.7. The van der Waals surface area contributed by atoms with Crippen molar-refractivity contribution < 1.29 is 8.42 Å². The van der Waals surface area contributed by atoms with Gasteiger partial charge < -0.3 is 10.3 Å². The summed E-state index contributed by atoms with van der Waals surface area (Å²) < 4.78 is 26.2. The van der Waals surface area contributed by atoms with Crippen LogP contribution in [0.4, 0.5) is 0 Å². The van der Waals surface area contributed by atoms with Crippen LogP contribution >= 0.6 is 11.3 Å². The molecule has 2 heterocycles. The van der Waals surface area contributed by atoms with E-state index in [4.69, 9.17) is 0 Å². The Bertz CT molecular complexity index is 512. The topological polar surface area (TPSA) is 91.1 Å². The van der Waals surface area contributed by atoms with E-state index >= 15 is 0 Å². The van der Waals surface area contributed by atoms with Crippen LogP contribution in [0.25, 0.3) is 0 Å². The fourth-order valence-corrected chi connectivity index (χ4v) is 3.85. The van der Waals surface area contributed by atoms with Crippen molar-refractivity contribution in [3.05, 3.63) is 15.4 Å². The quantitative estimate of drug-likeness (QED) is 0.640. The lowest BCUT2D eigenvalue weighted by atomic mass is 10.2. The Hall–Kier alpha value is -0.700. The molecule has 0 aliphatic carbocycles. The number of aromatic nitrogens is 1. The van der Waals surface area contributed by atoms with Crippen molar-refractivity contribution in [1.29, 1.82) is 0 Å². The number of sulfonamides is 1. The second-order valence-electron chi connectivity index (χ2n) is 3.40. The van der Waals surface area contributed by atoms with Gasteiger partial charge in [-0.2, -0.15) is 0 Å². The number of aryl methyl sites for hydroxylation is 1. The van der Waals surface area contributed by atoms with E-state index in [1.807, 2.05) is 0 Å². The highest BCUT2D eigenvalue weighted by molar-refractivity contribution is 7.91. The van der Waals surface area contributed by atoms with Gasteiger partial charge in [-0.1, -0.05) is 11.3 Å². The Kier molecular flexibility index (Phi) is 2.67. The van der Waals surface area contributed by atoms with Gasteiger partial charge in [-0.15, -0.1) is 0 Å². The molecule has 0 bridgehead atoms. The van der Waals surface area contributed by atoms with Gasteiger partial charge in [0.1, 0.15) is 0 Å². The molecule has 0 spiro atoms. The molecule has 0 atom stereocenters.